The second-order valence-corrected chi connectivity index (χ2v) is 6.11. The second kappa shape index (κ2) is 6.32. The van der Waals surface area contributed by atoms with Gasteiger partial charge in [0, 0.05) is 18.0 Å². The monoisotopic (exact) mass is 338 g/mol. The average Bonchev–Trinajstić information content (AvgIpc) is 2.54. The van der Waals surface area contributed by atoms with Crippen molar-refractivity contribution >= 4 is 22.5 Å². The van der Waals surface area contributed by atoms with Crippen LogP contribution in [-0.4, -0.2) is 21.1 Å². The van der Waals surface area contributed by atoms with Crippen LogP contribution in [0.2, 0.25) is 0 Å². The predicted molar refractivity (Wildman–Crippen MR) is 96.4 cm³/mol. The number of rotatable bonds is 3. The predicted octanol–water partition coefficient (Wildman–Crippen LogP) is 3.32. The normalized spacial score (nSPS) is 11.0. The molecule has 2 aromatic carbocycles. The maximum atomic E-state index is 12.5. The lowest BCUT2D eigenvalue weighted by molar-refractivity contribution is 0.102. The molecule has 1 aromatic heterocycles. The molecule has 3 rings (SSSR count). The van der Waals surface area contributed by atoms with Gasteiger partial charge >= 0.3 is 0 Å². The van der Waals surface area contributed by atoms with Gasteiger partial charge in [-0.05, 0) is 29.7 Å². The SMILES string of the molecule is CC(C)c1ccc(NC(=O)c2c[nH]c3cccc(O)c3c2=O)cc1O. The van der Waals surface area contributed by atoms with Crippen molar-refractivity contribution in [2.75, 3.05) is 5.32 Å². The quantitative estimate of drug-likeness (QED) is 0.588. The molecular weight excluding hydrogens is 320 g/mol. The highest BCUT2D eigenvalue weighted by molar-refractivity contribution is 6.06. The number of hydrogen-bond acceptors (Lipinski definition) is 4. The molecule has 128 valence electrons. The minimum absolute atomic E-state index is 0.0631. The summed E-state index contributed by atoms with van der Waals surface area (Å²) in [5, 5.41) is 22.6. The average molecular weight is 338 g/mol. The Morgan fingerprint density at radius 1 is 1.12 bits per heavy atom. The molecule has 0 atom stereocenters. The molecule has 0 saturated carbocycles. The van der Waals surface area contributed by atoms with Crippen LogP contribution in [0.4, 0.5) is 5.69 Å². The molecule has 0 saturated heterocycles. The Morgan fingerprint density at radius 3 is 2.56 bits per heavy atom. The molecule has 0 aliphatic heterocycles. The van der Waals surface area contributed by atoms with Gasteiger partial charge in [-0.15, -0.1) is 0 Å². The van der Waals surface area contributed by atoms with Gasteiger partial charge in [-0.2, -0.15) is 0 Å². The Balaban J connectivity index is 1.96. The number of amides is 1. The molecule has 6 nitrogen and oxygen atoms in total. The first-order chi connectivity index (χ1) is 11.9. The fourth-order valence-electron chi connectivity index (χ4n) is 2.73. The highest BCUT2D eigenvalue weighted by atomic mass is 16.3. The van der Waals surface area contributed by atoms with E-state index in [-0.39, 0.29) is 28.4 Å². The Labute approximate surface area is 143 Å². The summed E-state index contributed by atoms with van der Waals surface area (Å²) in [6, 6.07) is 9.47. The van der Waals surface area contributed by atoms with Crippen molar-refractivity contribution in [2.24, 2.45) is 0 Å². The fourth-order valence-corrected chi connectivity index (χ4v) is 2.73. The summed E-state index contributed by atoms with van der Waals surface area (Å²) in [5.74, 6) is -0.579. The zero-order valence-corrected chi connectivity index (χ0v) is 13.8. The van der Waals surface area contributed by atoms with Crippen LogP contribution in [0.15, 0.2) is 47.4 Å². The van der Waals surface area contributed by atoms with E-state index in [1.54, 1.807) is 24.3 Å². The number of phenolic OH excluding ortho intramolecular Hbond substituents is 2. The van der Waals surface area contributed by atoms with Crippen LogP contribution in [0.3, 0.4) is 0 Å². The number of aromatic nitrogens is 1. The number of H-pyrrole nitrogens is 1. The molecular formula is C19H18N2O4. The lowest BCUT2D eigenvalue weighted by Crippen LogP contribution is -2.22. The molecule has 0 radical (unpaired) electrons. The first-order valence-corrected chi connectivity index (χ1v) is 7.86. The minimum Gasteiger partial charge on any atom is -0.508 e. The van der Waals surface area contributed by atoms with E-state index in [1.807, 2.05) is 13.8 Å². The summed E-state index contributed by atoms with van der Waals surface area (Å²) in [5.41, 5.74) is 0.907. The number of carbonyl (C=O) groups is 1. The van der Waals surface area contributed by atoms with Crippen molar-refractivity contribution in [3.05, 3.63) is 63.9 Å². The van der Waals surface area contributed by atoms with E-state index >= 15 is 0 Å². The van der Waals surface area contributed by atoms with E-state index in [0.717, 1.165) is 5.56 Å². The van der Waals surface area contributed by atoms with Crippen LogP contribution < -0.4 is 10.7 Å². The van der Waals surface area contributed by atoms with Crippen LogP contribution in [0.1, 0.15) is 35.7 Å². The first kappa shape index (κ1) is 16.6. The van der Waals surface area contributed by atoms with Crippen LogP contribution in [0.25, 0.3) is 10.9 Å². The summed E-state index contributed by atoms with van der Waals surface area (Å²) >= 11 is 0. The molecule has 0 fully saturated rings. The molecule has 0 unspecified atom stereocenters. The maximum absolute atomic E-state index is 12.5. The highest BCUT2D eigenvalue weighted by Gasteiger charge is 2.16. The maximum Gasteiger partial charge on any atom is 0.261 e. The van der Waals surface area contributed by atoms with Crippen LogP contribution >= 0.6 is 0 Å². The van der Waals surface area contributed by atoms with Gasteiger partial charge in [-0.1, -0.05) is 26.0 Å². The first-order valence-electron chi connectivity index (χ1n) is 7.86. The Bertz CT molecular complexity index is 1020. The van der Waals surface area contributed by atoms with E-state index in [9.17, 15) is 19.8 Å². The summed E-state index contributed by atoms with van der Waals surface area (Å²) in [6.07, 6.45) is 1.31. The summed E-state index contributed by atoms with van der Waals surface area (Å²) in [7, 11) is 0. The third kappa shape index (κ3) is 3.06. The lowest BCUT2D eigenvalue weighted by Gasteiger charge is -2.11. The number of phenols is 2. The van der Waals surface area contributed by atoms with Gasteiger partial charge in [0.15, 0.2) is 0 Å². The van der Waals surface area contributed by atoms with Gasteiger partial charge in [-0.3, -0.25) is 9.59 Å². The number of aromatic amines is 1. The van der Waals surface area contributed by atoms with Gasteiger partial charge in [-0.25, -0.2) is 0 Å². The van der Waals surface area contributed by atoms with Crippen LogP contribution in [-0.2, 0) is 0 Å². The minimum atomic E-state index is -0.622. The summed E-state index contributed by atoms with van der Waals surface area (Å²) in [6.45, 7) is 3.91. The van der Waals surface area contributed by atoms with Crippen LogP contribution in [0, 0.1) is 0 Å². The van der Waals surface area contributed by atoms with Crippen molar-refractivity contribution in [3.8, 4) is 11.5 Å². The number of fused-ring (bicyclic) bond motifs is 1. The number of aromatic hydroxyl groups is 2. The molecule has 1 heterocycles. The van der Waals surface area contributed by atoms with Gasteiger partial charge in [0.1, 0.15) is 17.1 Å². The Kier molecular flexibility index (Phi) is 4.19. The Hall–Kier alpha value is -3.28. The van der Waals surface area contributed by atoms with Crippen molar-refractivity contribution in [1.82, 2.24) is 4.98 Å². The van der Waals surface area contributed by atoms with E-state index in [1.165, 1.54) is 18.3 Å². The standard InChI is InChI=1S/C19H18N2O4/c1-10(2)12-7-6-11(8-16(12)23)21-19(25)13-9-20-14-4-3-5-15(22)17(14)18(13)24/h3-10,22-23H,1-2H3,(H,20,24)(H,21,25). The fraction of sp³-hybridized carbons (Fsp3) is 0.158. The number of pyridine rings is 1. The molecule has 0 bridgehead atoms. The highest BCUT2D eigenvalue weighted by Crippen LogP contribution is 2.28. The van der Waals surface area contributed by atoms with Crippen molar-refractivity contribution < 1.29 is 15.0 Å². The third-order valence-electron chi connectivity index (χ3n) is 4.04. The number of benzene rings is 2. The number of anilines is 1. The van der Waals surface area contributed by atoms with E-state index in [0.29, 0.717) is 11.2 Å². The Morgan fingerprint density at radius 2 is 1.88 bits per heavy atom. The second-order valence-electron chi connectivity index (χ2n) is 6.11. The van der Waals surface area contributed by atoms with Gasteiger partial charge in [0.05, 0.1) is 10.9 Å². The number of hydrogen-bond donors (Lipinski definition) is 4. The molecule has 4 N–H and O–H groups in total. The zero-order valence-electron chi connectivity index (χ0n) is 13.8. The van der Waals surface area contributed by atoms with Crippen molar-refractivity contribution in [1.29, 1.82) is 0 Å². The summed E-state index contributed by atoms with van der Waals surface area (Å²) in [4.78, 5) is 27.8. The topological polar surface area (TPSA) is 102 Å². The van der Waals surface area contributed by atoms with E-state index < -0.39 is 11.3 Å². The lowest BCUT2D eigenvalue weighted by atomic mass is 10.0. The number of carbonyl (C=O) groups excluding carboxylic acids is 1. The molecule has 0 aliphatic carbocycles. The van der Waals surface area contributed by atoms with Gasteiger partial charge < -0.3 is 20.5 Å². The van der Waals surface area contributed by atoms with Crippen molar-refractivity contribution in [3.63, 3.8) is 0 Å². The smallest absolute Gasteiger partial charge is 0.261 e. The third-order valence-corrected chi connectivity index (χ3v) is 4.04. The van der Waals surface area contributed by atoms with Crippen molar-refractivity contribution in [2.45, 2.75) is 19.8 Å². The number of nitrogens with one attached hydrogen (secondary N) is 2. The zero-order chi connectivity index (χ0) is 18.1. The van der Waals surface area contributed by atoms with E-state index in [4.69, 9.17) is 0 Å². The molecule has 6 heteroatoms. The van der Waals surface area contributed by atoms with Crippen LogP contribution in [0.5, 0.6) is 11.5 Å². The largest absolute Gasteiger partial charge is 0.508 e. The van der Waals surface area contributed by atoms with E-state index in [2.05, 4.69) is 10.3 Å². The molecule has 3 aromatic rings. The van der Waals surface area contributed by atoms with Gasteiger partial charge in [0.2, 0.25) is 5.43 Å². The molecule has 0 spiro atoms. The summed E-state index contributed by atoms with van der Waals surface area (Å²) < 4.78 is 0. The van der Waals surface area contributed by atoms with Gasteiger partial charge in [0.25, 0.3) is 5.91 Å². The molecule has 25 heavy (non-hydrogen) atoms. The molecule has 1 amide bonds. The molecule has 0 aliphatic rings.